The van der Waals surface area contributed by atoms with Crippen molar-refractivity contribution < 1.29 is 13.9 Å². The van der Waals surface area contributed by atoms with Crippen molar-refractivity contribution in [1.82, 2.24) is 15.0 Å². The number of thiophene rings is 1. The second-order valence-corrected chi connectivity index (χ2v) is 9.58. The van der Waals surface area contributed by atoms with Crippen molar-refractivity contribution in [3.8, 4) is 0 Å². The van der Waals surface area contributed by atoms with Crippen LogP contribution in [0.25, 0.3) is 0 Å². The molecule has 4 heterocycles. The summed E-state index contributed by atoms with van der Waals surface area (Å²) >= 11 is 2.96. The molecule has 5 rings (SSSR count). The highest BCUT2D eigenvalue weighted by Gasteiger charge is 2.33. The largest absolute Gasteiger partial charge is 0.378 e. The Morgan fingerprint density at radius 3 is 2.76 bits per heavy atom. The molecule has 2 aliphatic heterocycles. The second-order valence-electron chi connectivity index (χ2n) is 7.64. The molecule has 3 aromatic rings. The van der Waals surface area contributed by atoms with Crippen molar-refractivity contribution in [3.05, 3.63) is 70.4 Å². The van der Waals surface area contributed by atoms with Crippen LogP contribution in [0.15, 0.2) is 64.3 Å². The Bertz CT molecular complexity index is 1130. The van der Waals surface area contributed by atoms with Crippen molar-refractivity contribution in [2.24, 2.45) is 5.10 Å². The van der Waals surface area contributed by atoms with Crippen molar-refractivity contribution in [2.75, 3.05) is 37.0 Å². The van der Waals surface area contributed by atoms with Gasteiger partial charge in [-0.1, -0.05) is 30.0 Å². The van der Waals surface area contributed by atoms with Gasteiger partial charge in [0.25, 0.3) is 5.91 Å². The van der Waals surface area contributed by atoms with Gasteiger partial charge in [0.2, 0.25) is 0 Å². The van der Waals surface area contributed by atoms with Crippen LogP contribution in [0.4, 0.5) is 10.2 Å². The first-order valence-electron chi connectivity index (χ1n) is 10.6. The molecule has 2 aromatic heterocycles. The smallest absolute Gasteiger partial charge is 0.253 e. The van der Waals surface area contributed by atoms with Crippen LogP contribution in [0.2, 0.25) is 0 Å². The fraction of sp³-hybridized carbons (Fsp3) is 0.304. The number of amides is 1. The van der Waals surface area contributed by atoms with Crippen LogP contribution in [0.3, 0.4) is 0 Å². The van der Waals surface area contributed by atoms with Gasteiger partial charge < -0.3 is 9.64 Å². The minimum atomic E-state index is -0.301. The number of hydrogen-bond donors (Lipinski definition) is 0. The number of benzene rings is 1. The van der Waals surface area contributed by atoms with Crippen molar-refractivity contribution in [3.63, 3.8) is 0 Å². The van der Waals surface area contributed by atoms with E-state index in [4.69, 9.17) is 4.74 Å². The number of anilines is 1. The van der Waals surface area contributed by atoms with Gasteiger partial charge in [-0.25, -0.2) is 19.4 Å². The number of hydrazone groups is 1. The molecule has 1 atom stereocenters. The summed E-state index contributed by atoms with van der Waals surface area (Å²) in [5, 5.41) is 8.93. The summed E-state index contributed by atoms with van der Waals surface area (Å²) in [4.78, 5) is 25.1. The molecule has 10 heteroatoms. The van der Waals surface area contributed by atoms with E-state index >= 15 is 0 Å². The first-order valence-corrected chi connectivity index (χ1v) is 12.5. The van der Waals surface area contributed by atoms with Gasteiger partial charge in [-0.2, -0.15) is 5.10 Å². The monoisotopic (exact) mass is 483 g/mol. The Kier molecular flexibility index (Phi) is 6.65. The third-order valence-electron chi connectivity index (χ3n) is 5.53. The van der Waals surface area contributed by atoms with E-state index in [1.165, 1.54) is 30.2 Å². The Morgan fingerprint density at radius 2 is 2.00 bits per heavy atom. The zero-order chi connectivity index (χ0) is 22.6. The highest BCUT2D eigenvalue weighted by Crippen LogP contribution is 2.34. The van der Waals surface area contributed by atoms with Crippen LogP contribution in [-0.4, -0.2) is 58.7 Å². The number of nitrogens with zero attached hydrogens (tertiary/aromatic N) is 5. The van der Waals surface area contributed by atoms with Crippen molar-refractivity contribution >= 4 is 40.5 Å². The summed E-state index contributed by atoms with van der Waals surface area (Å²) in [6.45, 7) is 2.92. The zero-order valence-corrected chi connectivity index (χ0v) is 19.4. The van der Waals surface area contributed by atoms with E-state index in [1.54, 1.807) is 28.5 Å². The molecule has 33 heavy (non-hydrogen) atoms. The molecule has 1 fully saturated rings. The predicted octanol–water partition coefficient (Wildman–Crippen LogP) is 3.98. The van der Waals surface area contributed by atoms with Crippen LogP contribution >= 0.6 is 23.1 Å². The SMILES string of the molecule is O=C(CSc1cc(N2CCOCC2)ncn1)N1N=C(c2cccs2)CC1c1ccc(F)cc1. The number of morpholine rings is 1. The number of halogens is 1. The van der Waals surface area contributed by atoms with E-state index in [1.807, 2.05) is 23.6 Å². The summed E-state index contributed by atoms with van der Waals surface area (Å²) in [7, 11) is 0. The van der Waals surface area contributed by atoms with Crippen LogP contribution in [0.1, 0.15) is 22.9 Å². The molecule has 0 bridgehead atoms. The maximum atomic E-state index is 13.5. The third-order valence-corrected chi connectivity index (χ3v) is 7.36. The Balaban J connectivity index is 1.31. The van der Waals surface area contributed by atoms with E-state index in [0.717, 1.165) is 40.1 Å². The molecule has 0 saturated carbocycles. The average Bonchev–Trinajstić information content (AvgIpc) is 3.54. The van der Waals surface area contributed by atoms with E-state index in [-0.39, 0.29) is 23.5 Å². The highest BCUT2D eigenvalue weighted by molar-refractivity contribution is 7.99. The lowest BCUT2D eigenvalue weighted by Crippen LogP contribution is -2.36. The number of hydrogen-bond acceptors (Lipinski definition) is 8. The van der Waals surface area contributed by atoms with Crippen molar-refractivity contribution in [2.45, 2.75) is 17.5 Å². The minimum absolute atomic E-state index is 0.118. The van der Waals surface area contributed by atoms with Gasteiger partial charge in [0, 0.05) is 25.6 Å². The Hall–Kier alpha value is -2.82. The summed E-state index contributed by atoms with van der Waals surface area (Å²) in [5.74, 6) is 0.613. The maximum Gasteiger partial charge on any atom is 0.253 e. The molecule has 0 radical (unpaired) electrons. The molecule has 1 saturated heterocycles. The summed E-state index contributed by atoms with van der Waals surface area (Å²) in [6.07, 6.45) is 2.12. The standard InChI is InChI=1S/C23H22FN5O2S2/c24-17-5-3-16(4-6-17)19-12-18(20-2-1-11-32-20)27-29(19)23(30)14-33-22-13-21(25-15-26-22)28-7-9-31-10-8-28/h1-6,11,13,15,19H,7-10,12,14H2. The first kappa shape index (κ1) is 22.0. The fourth-order valence-corrected chi connectivity index (χ4v) is 5.29. The second kappa shape index (κ2) is 9.98. The average molecular weight is 484 g/mol. The predicted molar refractivity (Wildman–Crippen MR) is 127 cm³/mol. The van der Waals surface area contributed by atoms with Crippen molar-refractivity contribution in [1.29, 1.82) is 0 Å². The van der Waals surface area contributed by atoms with Crippen LogP contribution in [0, 0.1) is 5.82 Å². The molecule has 0 aliphatic carbocycles. The number of thioether (sulfide) groups is 1. The number of ether oxygens (including phenoxy) is 1. The molecule has 1 amide bonds. The summed E-state index contributed by atoms with van der Waals surface area (Å²) < 4.78 is 18.9. The number of carbonyl (C=O) groups excluding carboxylic acids is 1. The fourth-order valence-electron chi connectivity index (χ4n) is 3.85. The van der Waals surface area contributed by atoms with E-state index in [0.29, 0.717) is 19.6 Å². The van der Waals surface area contributed by atoms with Crippen LogP contribution in [0.5, 0.6) is 0 Å². The van der Waals surface area contributed by atoms with Gasteiger partial charge in [-0.05, 0) is 29.1 Å². The van der Waals surface area contributed by atoms with E-state index < -0.39 is 0 Å². The molecular weight excluding hydrogens is 461 g/mol. The maximum absolute atomic E-state index is 13.5. The van der Waals surface area contributed by atoms with Gasteiger partial charge in [-0.3, -0.25) is 4.79 Å². The first-order chi connectivity index (χ1) is 16.2. The lowest BCUT2D eigenvalue weighted by Gasteiger charge is -2.27. The molecule has 1 unspecified atom stereocenters. The zero-order valence-electron chi connectivity index (χ0n) is 17.8. The lowest BCUT2D eigenvalue weighted by atomic mass is 10.0. The number of rotatable bonds is 6. The molecule has 0 spiro atoms. The van der Waals surface area contributed by atoms with Crippen LogP contribution in [-0.2, 0) is 9.53 Å². The Morgan fingerprint density at radius 1 is 1.18 bits per heavy atom. The number of aromatic nitrogens is 2. The normalized spacial score (nSPS) is 18.5. The lowest BCUT2D eigenvalue weighted by molar-refractivity contribution is -0.130. The molecule has 2 aliphatic rings. The van der Waals surface area contributed by atoms with E-state index in [9.17, 15) is 9.18 Å². The summed E-state index contributed by atoms with van der Waals surface area (Å²) in [6, 6.07) is 11.9. The Labute approximate surface area is 199 Å². The van der Waals surface area contributed by atoms with Gasteiger partial charge in [0.05, 0.1) is 35.6 Å². The highest BCUT2D eigenvalue weighted by atomic mass is 32.2. The molecule has 1 aromatic carbocycles. The van der Waals surface area contributed by atoms with Crippen LogP contribution < -0.4 is 4.90 Å². The number of carbonyl (C=O) groups is 1. The van der Waals surface area contributed by atoms with Gasteiger partial charge in [0.1, 0.15) is 23.0 Å². The molecule has 7 nitrogen and oxygen atoms in total. The molecule has 0 N–H and O–H groups in total. The van der Waals surface area contributed by atoms with E-state index in [2.05, 4.69) is 20.0 Å². The van der Waals surface area contributed by atoms with Gasteiger partial charge in [-0.15, -0.1) is 11.3 Å². The molecular formula is C23H22FN5O2S2. The minimum Gasteiger partial charge on any atom is -0.378 e. The summed E-state index contributed by atoms with van der Waals surface area (Å²) in [5.41, 5.74) is 1.73. The quantitative estimate of drug-likeness (QED) is 0.390. The van der Waals surface area contributed by atoms with Gasteiger partial charge >= 0.3 is 0 Å². The third kappa shape index (κ3) is 5.07. The van der Waals surface area contributed by atoms with Gasteiger partial charge in [0.15, 0.2) is 0 Å². The molecule has 170 valence electrons. The topological polar surface area (TPSA) is 70.9 Å².